The van der Waals surface area contributed by atoms with Crippen molar-refractivity contribution in [3.8, 4) is 44.5 Å². The van der Waals surface area contributed by atoms with Crippen molar-refractivity contribution < 1.29 is 0 Å². The van der Waals surface area contributed by atoms with Crippen molar-refractivity contribution in [2.24, 2.45) is 0 Å². The first-order valence-corrected chi connectivity index (χ1v) is 16.2. The topological polar surface area (TPSA) is 38.7 Å². The second kappa shape index (κ2) is 10.5. The summed E-state index contributed by atoms with van der Waals surface area (Å²) in [5, 5.41) is 12.2. The van der Waals surface area contributed by atoms with Crippen molar-refractivity contribution in [3.05, 3.63) is 165 Å². The monoisotopic (exact) mass is 609 g/mol. The number of nitrogens with zero attached hydrogens (tertiary/aromatic N) is 3. The van der Waals surface area contributed by atoms with E-state index in [9.17, 15) is 0 Å². The van der Waals surface area contributed by atoms with Crippen LogP contribution in [-0.2, 0) is 0 Å². The lowest BCUT2D eigenvalue weighted by atomic mass is 9.86. The first-order chi connectivity index (χ1) is 23.8. The van der Waals surface area contributed by atoms with Crippen LogP contribution in [-0.4, -0.2) is 15.0 Å². The smallest absolute Gasteiger partial charge is 0.0352 e. The summed E-state index contributed by atoms with van der Waals surface area (Å²) in [6.07, 6.45) is 11.6. The number of hydrogen-bond acceptors (Lipinski definition) is 3. The Morgan fingerprint density at radius 1 is 0.292 bits per heavy atom. The molecule has 3 heterocycles. The highest BCUT2D eigenvalue weighted by Crippen LogP contribution is 2.44. The molecule has 7 aromatic carbocycles. The SMILES string of the molecule is c1ccc2c(-c3cc(-c4cncc5ccccc45)cc(-c4ccc5ccc6c(-c7ccncc7)ccc7ccc4c5c76)c3)cncc2c1. The number of benzene rings is 7. The van der Waals surface area contributed by atoms with Crippen LogP contribution in [0.5, 0.6) is 0 Å². The first kappa shape index (κ1) is 26.7. The van der Waals surface area contributed by atoms with Gasteiger partial charge in [0, 0.05) is 59.1 Å². The Labute approximate surface area is 277 Å². The van der Waals surface area contributed by atoms with Gasteiger partial charge in [0.15, 0.2) is 0 Å². The summed E-state index contributed by atoms with van der Waals surface area (Å²) >= 11 is 0. The molecule has 48 heavy (non-hydrogen) atoms. The average molecular weight is 610 g/mol. The van der Waals surface area contributed by atoms with Gasteiger partial charge in [-0.3, -0.25) is 15.0 Å². The highest BCUT2D eigenvalue weighted by atomic mass is 14.6. The van der Waals surface area contributed by atoms with Crippen LogP contribution in [0.15, 0.2) is 165 Å². The van der Waals surface area contributed by atoms with E-state index in [4.69, 9.17) is 0 Å². The van der Waals surface area contributed by atoms with E-state index in [1.54, 1.807) is 0 Å². The minimum absolute atomic E-state index is 1.11. The average Bonchev–Trinajstić information content (AvgIpc) is 3.16. The third kappa shape index (κ3) is 4.11. The van der Waals surface area contributed by atoms with Gasteiger partial charge in [0.2, 0.25) is 0 Å². The maximum absolute atomic E-state index is 4.67. The van der Waals surface area contributed by atoms with Crippen molar-refractivity contribution in [2.75, 3.05) is 0 Å². The van der Waals surface area contributed by atoms with E-state index in [0.717, 1.165) is 38.6 Å². The fourth-order valence-corrected chi connectivity index (χ4v) is 7.62. The largest absolute Gasteiger partial charge is 0.265 e. The molecule has 3 heteroatoms. The lowest BCUT2D eigenvalue weighted by molar-refractivity contribution is 1.33. The predicted molar refractivity (Wildman–Crippen MR) is 200 cm³/mol. The maximum Gasteiger partial charge on any atom is 0.0352 e. The van der Waals surface area contributed by atoms with Crippen LogP contribution in [0.1, 0.15) is 0 Å². The summed E-state index contributed by atoms with van der Waals surface area (Å²) in [5.41, 5.74) is 9.25. The summed E-state index contributed by atoms with van der Waals surface area (Å²) in [7, 11) is 0. The third-order valence-electron chi connectivity index (χ3n) is 9.86. The van der Waals surface area contributed by atoms with Gasteiger partial charge >= 0.3 is 0 Å². The van der Waals surface area contributed by atoms with Crippen LogP contribution in [0.4, 0.5) is 0 Å². The standard InChI is InChI=1S/C45H27N3/c1-3-7-36-31(5-1)24-47-26-42(36)34-21-33(22-35(23-34)43-27-48-25-32-6-2-4-8-37(32)43)39-14-10-30-11-15-40-38(28-17-19-46-20-18-28)13-9-29-12-16-41(39)45(30)44(29)40/h1-27H. The van der Waals surface area contributed by atoms with Gasteiger partial charge in [-0.25, -0.2) is 0 Å². The molecule has 0 saturated heterocycles. The maximum atomic E-state index is 4.67. The molecule has 0 aliphatic rings. The molecule has 10 rings (SSSR count). The lowest BCUT2D eigenvalue weighted by Gasteiger charge is -2.18. The highest BCUT2D eigenvalue weighted by Gasteiger charge is 2.17. The number of rotatable bonds is 4. The van der Waals surface area contributed by atoms with E-state index in [2.05, 4.69) is 142 Å². The van der Waals surface area contributed by atoms with Gasteiger partial charge in [-0.15, -0.1) is 0 Å². The molecule has 0 amide bonds. The van der Waals surface area contributed by atoms with E-state index in [0.29, 0.717) is 0 Å². The van der Waals surface area contributed by atoms with Crippen LogP contribution < -0.4 is 0 Å². The molecule has 3 aromatic heterocycles. The van der Waals surface area contributed by atoms with Gasteiger partial charge in [-0.2, -0.15) is 0 Å². The van der Waals surface area contributed by atoms with Crippen LogP contribution >= 0.6 is 0 Å². The van der Waals surface area contributed by atoms with Crippen molar-refractivity contribution in [3.63, 3.8) is 0 Å². The molecular weight excluding hydrogens is 583 g/mol. The predicted octanol–water partition coefficient (Wildman–Crippen LogP) is 11.7. The zero-order valence-corrected chi connectivity index (χ0v) is 25.9. The summed E-state index contributed by atoms with van der Waals surface area (Å²) < 4.78 is 0. The Kier molecular flexibility index (Phi) is 5.87. The van der Waals surface area contributed by atoms with Crippen molar-refractivity contribution in [2.45, 2.75) is 0 Å². The summed E-state index contributed by atoms with van der Waals surface area (Å²) in [6.45, 7) is 0. The quantitative estimate of drug-likeness (QED) is 0.186. The number of aromatic nitrogens is 3. The second-order valence-corrected chi connectivity index (χ2v) is 12.5. The van der Waals surface area contributed by atoms with E-state index in [1.165, 1.54) is 59.8 Å². The fourth-order valence-electron chi connectivity index (χ4n) is 7.62. The van der Waals surface area contributed by atoms with Gasteiger partial charge in [0.25, 0.3) is 0 Å². The molecule has 0 aliphatic heterocycles. The summed E-state index contributed by atoms with van der Waals surface area (Å²) in [6, 6.07) is 46.3. The normalized spacial score (nSPS) is 11.8. The molecule has 0 fully saturated rings. The van der Waals surface area contributed by atoms with E-state index < -0.39 is 0 Å². The number of fused-ring (bicyclic) bond motifs is 2. The Morgan fingerprint density at radius 2 is 0.750 bits per heavy atom. The van der Waals surface area contributed by atoms with Gasteiger partial charge in [-0.05, 0) is 107 Å². The fraction of sp³-hybridized carbons (Fsp3) is 0. The zero-order chi connectivity index (χ0) is 31.6. The van der Waals surface area contributed by atoms with Gasteiger partial charge < -0.3 is 0 Å². The molecule has 0 spiro atoms. The first-order valence-electron chi connectivity index (χ1n) is 16.2. The van der Waals surface area contributed by atoms with E-state index in [1.807, 2.05) is 37.2 Å². The Balaban J connectivity index is 1.27. The molecule has 3 nitrogen and oxygen atoms in total. The molecule has 0 N–H and O–H groups in total. The minimum atomic E-state index is 1.11. The summed E-state index contributed by atoms with van der Waals surface area (Å²) in [4.78, 5) is 13.6. The molecule has 0 aliphatic carbocycles. The van der Waals surface area contributed by atoms with Crippen molar-refractivity contribution in [1.82, 2.24) is 15.0 Å². The molecular formula is C45H27N3. The molecule has 0 saturated carbocycles. The van der Waals surface area contributed by atoms with Crippen molar-refractivity contribution >= 4 is 53.9 Å². The second-order valence-electron chi connectivity index (χ2n) is 12.5. The van der Waals surface area contributed by atoms with E-state index >= 15 is 0 Å². The van der Waals surface area contributed by atoms with Crippen LogP contribution in [0.2, 0.25) is 0 Å². The van der Waals surface area contributed by atoms with Gasteiger partial charge in [0.05, 0.1) is 0 Å². The molecule has 10 aromatic rings. The van der Waals surface area contributed by atoms with Crippen molar-refractivity contribution in [1.29, 1.82) is 0 Å². The Bertz CT molecular complexity index is 2730. The zero-order valence-electron chi connectivity index (χ0n) is 25.9. The molecule has 0 radical (unpaired) electrons. The van der Waals surface area contributed by atoms with Gasteiger partial charge in [0.1, 0.15) is 0 Å². The van der Waals surface area contributed by atoms with E-state index in [-0.39, 0.29) is 0 Å². The van der Waals surface area contributed by atoms with Crippen LogP contribution in [0.3, 0.4) is 0 Å². The summed E-state index contributed by atoms with van der Waals surface area (Å²) in [5.74, 6) is 0. The third-order valence-corrected chi connectivity index (χ3v) is 9.86. The van der Waals surface area contributed by atoms with Crippen LogP contribution in [0, 0.1) is 0 Å². The highest BCUT2D eigenvalue weighted by molar-refractivity contribution is 6.27. The van der Waals surface area contributed by atoms with Crippen LogP contribution in [0.25, 0.3) is 98.4 Å². The molecule has 222 valence electrons. The molecule has 0 atom stereocenters. The van der Waals surface area contributed by atoms with Gasteiger partial charge in [-0.1, -0.05) is 97.1 Å². The Morgan fingerprint density at radius 3 is 1.29 bits per heavy atom. The molecule has 0 bridgehead atoms. The molecule has 0 unspecified atom stereocenters. The Hall–Kier alpha value is -6.45. The minimum Gasteiger partial charge on any atom is -0.265 e. The number of hydrogen-bond donors (Lipinski definition) is 0. The lowest BCUT2D eigenvalue weighted by Crippen LogP contribution is -1.92. The number of pyridine rings is 3.